The Morgan fingerprint density at radius 2 is 1.89 bits per heavy atom. The molecule has 18 heavy (non-hydrogen) atoms. The lowest BCUT2D eigenvalue weighted by atomic mass is 9.96. The van der Waals surface area contributed by atoms with Crippen LogP contribution in [-0.4, -0.2) is 20.1 Å². The van der Waals surface area contributed by atoms with Crippen molar-refractivity contribution >= 4 is 0 Å². The third kappa shape index (κ3) is 4.70. The summed E-state index contributed by atoms with van der Waals surface area (Å²) in [6.07, 6.45) is 0. The quantitative estimate of drug-likeness (QED) is 0.783. The van der Waals surface area contributed by atoms with Crippen molar-refractivity contribution in [2.24, 2.45) is 11.8 Å². The van der Waals surface area contributed by atoms with E-state index in [1.165, 1.54) is 12.1 Å². The molecule has 1 rings (SSSR count). The first-order valence-electron chi connectivity index (χ1n) is 6.33. The van der Waals surface area contributed by atoms with Crippen LogP contribution < -0.4 is 10.6 Å². The van der Waals surface area contributed by atoms with Crippen LogP contribution in [0.2, 0.25) is 0 Å². The maximum atomic E-state index is 13.4. The van der Waals surface area contributed by atoms with Gasteiger partial charge in [-0.05, 0) is 38.0 Å². The Bertz CT molecular complexity index is 367. The van der Waals surface area contributed by atoms with Gasteiger partial charge in [-0.2, -0.15) is 0 Å². The number of nitrogens with one attached hydrogen (secondary N) is 2. The molecule has 0 heterocycles. The Morgan fingerprint density at radius 1 is 1.17 bits per heavy atom. The Balaban J connectivity index is 2.45. The predicted octanol–water partition coefficient (Wildman–Crippen LogP) is 2.55. The van der Waals surface area contributed by atoms with Gasteiger partial charge in [0.2, 0.25) is 0 Å². The van der Waals surface area contributed by atoms with Crippen molar-refractivity contribution in [1.29, 1.82) is 0 Å². The van der Waals surface area contributed by atoms with E-state index in [0.29, 0.717) is 23.9 Å². The van der Waals surface area contributed by atoms with Crippen LogP contribution in [0.4, 0.5) is 8.78 Å². The van der Waals surface area contributed by atoms with Crippen molar-refractivity contribution < 1.29 is 8.78 Å². The Hall–Kier alpha value is -1.00. The Kier molecular flexibility index (Phi) is 6.22. The molecule has 1 aromatic carbocycles. The molecule has 4 heteroatoms. The van der Waals surface area contributed by atoms with E-state index in [2.05, 4.69) is 24.5 Å². The minimum atomic E-state index is -0.536. The summed E-state index contributed by atoms with van der Waals surface area (Å²) in [7, 11) is 1.93. The van der Waals surface area contributed by atoms with Crippen molar-refractivity contribution in [3.8, 4) is 0 Å². The van der Waals surface area contributed by atoms with E-state index < -0.39 is 11.6 Å². The van der Waals surface area contributed by atoms with Crippen LogP contribution in [0.3, 0.4) is 0 Å². The molecule has 0 saturated heterocycles. The molecular formula is C14H22F2N2. The monoisotopic (exact) mass is 256 g/mol. The molecule has 0 spiro atoms. The van der Waals surface area contributed by atoms with Crippen molar-refractivity contribution in [1.82, 2.24) is 10.6 Å². The maximum absolute atomic E-state index is 13.4. The minimum Gasteiger partial charge on any atom is -0.319 e. The van der Waals surface area contributed by atoms with Gasteiger partial charge >= 0.3 is 0 Å². The molecule has 2 N–H and O–H groups in total. The van der Waals surface area contributed by atoms with Crippen LogP contribution in [0.25, 0.3) is 0 Å². The average molecular weight is 256 g/mol. The van der Waals surface area contributed by atoms with Crippen LogP contribution in [0.15, 0.2) is 18.2 Å². The van der Waals surface area contributed by atoms with Gasteiger partial charge in [0.1, 0.15) is 11.6 Å². The first kappa shape index (κ1) is 15.1. The van der Waals surface area contributed by atoms with Gasteiger partial charge in [-0.25, -0.2) is 8.78 Å². The van der Waals surface area contributed by atoms with E-state index in [9.17, 15) is 8.78 Å². The first-order valence-corrected chi connectivity index (χ1v) is 6.33. The summed E-state index contributed by atoms with van der Waals surface area (Å²) in [5, 5.41) is 6.38. The van der Waals surface area contributed by atoms with Gasteiger partial charge in [0.15, 0.2) is 0 Å². The van der Waals surface area contributed by atoms with Crippen molar-refractivity contribution in [2.45, 2.75) is 20.4 Å². The molecule has 2 nitrogen and oxygen atoms in total. The minimum absolute atomic E-state index is 0.430. The van der Waals surface area contributed by atoms with Crippen molar-refractivity contribution in [2.75, 3.05) is 20.1 Å². The summed E-state index contributed by atoms with van der Waals surface area (Å²) < 4.78 is 26.1. The molecule has 1 unspecified atom stereocenters. The predicted molar refractivity (Wildman–Crippen MR) is 70.3 cm³/mol. The second-order valence-electron chi connectivity index (χ2n) is 4.93. The lowest BCUT2D eigenvalue weighted by Gasteiger charge is -2.21. The fourth-order valence-electron chi connectivity index (χ4n) is 1.86. The second kappa shape index (κ2) is 7.44. The van der Waals surface area contributed by atoms with E-state index in [4.69, 9.17) is 0 Å². The number of hydrogen-bond donors (Lipinski definition) is 2. The number of benzene rings is 1. The topological polar surface area (TPSA) is 24.1 Å². The van der Waals surface area contributed by atoms with Crippen LogP contribution >= 0.6 is 0 Å². The Labute approximate surface area is 108 Å². The molecule has 1 aromatic rings. The highest BCUT2D eigenvalue weighted by Crippen LogP contribution is 2.11. The van der Waals surface area contributed by atoms with Gasteiger partial charge in [-0.3, -0.25) is 0 Å². The zero-order valence-electron chi connectivity index (χ0n) is 11.3. The van der Waals surface area contributed by atoms with Crippen LogP contribution in [-0.2, 0) is 6.54 Å². The normalized spacial score (nSPS) is 13.0. The smallest absolute Gasteiger partial charge is 0.130 e. The summed E-state index contributed by atoms with van der Waals surface area (Å²) in [5.74, 6) is 0.0326. The van der Waals surface area contributed by atoms with Crippen LogP contribution in [0.1, 0.15) is 19.4 Å². The van der Waals surface area contributed by atoms with Gasteiger partial charge in [0.05, 0.1) is 0 Å². The molecular weight excluding hydrogens is 234 g/mol. The summed E-state index contributed by atoms with van der Waals surface area (Å²) in [6.45, 7) is 6.51. The second-order valence-corrected chi connectivity index (χ2v) is 4.93. The zero-order chi connectivity index (χ0) is 13.5. The highest BCUT2D eigenvalue weighted by molar-refractivity contribution is 5.18. The molecule has 102 valence electrons. The van der Waals surface area contributed by atoms with E-state index in [0.717, 1.165) is 19.2 Å². The zero-order valence-corrected chi connectivity index (χ0v) is 11.3. The average Bonchev–Trinajstić information content (AvgIpc) is 2.30. The number of rotatable bonds is 7. The third-order valence-corrected chi connectivity index (χ3v) is 3.15. The highest BCUT2D eigenvalue weighted by Gasteiger charge is 2.12. The standard InChI is InChI=1S/C14H22F2N2/c1-10(2)12(7-17-3)9-18-8-11-4-5-13(15)6-14(11)16/h4-6,10,12,17-18H,7-9H2,1-3H3. The van der Waals surface area contributed by atoms with Crippen LogP contribution in [0, 0.1) is 23.5 Å². The maximum Gasteiger partial charge on any atom is 0.130 e. The molecule has 0 aliphatic heterocycles. The molecule has 0 fully saturated rings. The molecule has 0 amide bonds. The van der Waals surface area contributed by atoms with Gasteiger partial charge in [0.25, 0.3) is 0 Å². The fourth-order valence-corrected chi connectivity index (χ4v) is 1.86. The molecule has 0 radical (unpaired) electrons. The first-order chi connectivity index (χ1) is 8.54. The van der Waals surface area contributed by atoms with E-state index in [1.54, 1.807) is 0 Å². The van der Waals surface area contributed by atoms with Gasteiger partial charge in [-0.1, -0.05) is 19.9 Å². The van der Waals surface area contributed by atoms with Crippen LogP contribution in [0.5, 0.6) is 0 Å². The summed E-state index contributed by atoms with van der Waals surface area (Å²) >= 11 is 0. The summed E-state index contributed by atoms with van der Waals surface area (Å²) in [5.41, 5.74) is 0.503. The molecule has 0 aromatic heterocycles. The lowest BCUT2D eigenvalue weighted by molar-refractivity contribution is 0.351. The SMILES string of the molecule is CNCC(CNCc1ccc(F)cc1F)C(C)C. The fraction of sp³-hybridized carbons (Fsp3) is 0.571. The molecule has 1 atom stereocenters. The molecule has 0 bridgehead atoms. The lowest BCUT2D eigenvalue weighted by Crippen LogP contribution is -2.33. The van der Waals surface area contributed by atoms with Gasteiger partial charge in [-0.15, -0.1) is 0 Å². The largest absolute Gasteiger partial charge is 0.319 e. The van der Waals surface area contributed by atoms with E-state index in [-0.39, 0.29) is 0 Å². The van der Waals surface area contributed by atoms with E-state index in [1.807, 2.05) is 7.05 Å². The summed E-state index contributed by atoms with van der Waals surface area (Å²) in [6, 6.07) is 3.69. The molecule has 0 aliphatic rings. The number of hydrogen-bond acceptors (Lipinski definition) is 2. The van der Waals surface area contributed by atoms with Crippen molar-refractivity contribution in [3.63, 3.8) is 0 Å². The van der Waals surface area contributed by atoms with E-state index >= 15 is 0 Å². The van der Waals surface area contributed by atoms with Gasteiger partial charge < -0.3 is 10.6 Å². The summed E-state index contributed by atoms with van der Waals surface area (Å²) in [4.78, 5) is 0. The third-order valence-electron chi connectivity index (χ3n) is 3.15. The Morgan fingerprint density at radius 3 is 2.44 bits per heavy atom. The van der Waals surface area contributed by atoms with Crippen molar-refractivity contribution in [3.05, 3.63) is 35.4 Å². The highest BCUT2D eigenvalue weighted by atomic mass is 19.1. The number of halogens is 2. The van der Waals surface area contributed by atoms with Gasteiger partial charge in [0, 0.05) is 18.2 Å². The molecule has 0 saturated carbocycles. The molecule has 0 aliphatic carbocycles.